The number of likely N-dealkylation sites (N-methyl/N-ethyl adjacent to an activating group) is 1. The second kappa shape index (κ2) is 7.42. The van der Waals surface area contributed by atoms with Crippen molar-refractivity contribution in [3.05, 3.63) is 71.8 Å². The molecule has 23 heavy (non-hydrogen) atoms. The van der Waals surface area contributed by atoms with Crippen LogP contribution in [0.3, 0.4) is 0 Å². The van der Waals surface area contributed by atoms with Gasteiger partial charge in [-0.2, -0.15) is 0 Å². The molecule has 0 saturated carbocycles. The molecule has 0 bridgehead atoms. The quantitative estimate of drug-likeness (QED) is 0.921. The van der Waals surface area contributed by atoms with Crippen molar-refractivity contribution in [2.75, 3.05) is 20.1 Å². The Bertz CT molecular complexity index is 581. The molecule has 3 nitrogen and oxygen atoms in total. The van der Waals surface area contributed by atoms with Crippen molar-refractivity contribution in [1.82, 2.24) is 10.2 Å². The SMILES string of the molecule is CN(C(=O)CC(c1ccccc1)c1ccccc1)C1CCNC1. The highest BCUT2D eigenvalue weighted by Crippen LogP contribution is 2.28. The minimum Gasteiger partial charge on any atom is -0.341 e. The van der Waals surface area contributed by atoms with Crippen molar-refractivity contribution in [1.29, 1.82) is 0 Å². The van der Waals surface area contributed by atoms with Crippen molar-refractivity contribution in [2.24, 2.45) is 0 Å². The van der Waals surface area contributed by atoms with Gasteiger partial charge in [-0.1, -0.05) is 60.7 Å². The summed E-state index contributed by atoms with van der Waals surface area (Å²) in [6.45, 7) is 1.91. The zero-order valence-corrected chi connectivity index (χ0v) is 13.6. The molecule has 0 aliphatic carbocycles. The number of carbonyl (C=O) groups is 1. The second-order valence-electron chi connectivity index (χ2n) is 6.23. The lowest BCUT2D eigenvalue weighted by Gasteiger charge is -2.26. The third-order valence-corrected chi connectivity index (χ3v) is 4.76. The first-order valence-electron chi connectivity index (χ1n) is 8.32. The summed E-state index contributed by atoms with van der Waals surface area (Å²) in [5.74, 6) is 0.332. The van der Waals surface area contributed by atoms with Gasteiger partial charge in [0.2, 0.25) is 5.91 Å². The smallest absolute Gasteiger partial charge is 0.223 e. The van der Waals surface area contributed by atoms with Gasteiger partial charge in [-0.05, 0) is 24.1 Å². The van der Waals surface area contributed by atoms with Crippen LogP contribution < -0.4 is 5.32 Å². The molecule has 1 fully saturated rings. The van der Waals surface area contributed by atoms with Gasteiger partial charge in [0.15, 0.2) is 0 Å². The van der Waals surface area contributed by atoms with E-state index in [-0.39, 0.29) is 11.8 Å². The molecule has 1 heterocycles. The molecule has 3 heteroatoms. The van der Waals surface area contributed by atoms with E-state index in [1.807, 2.05) is 48.3 Å². The fraction of sp³-hybridized carbons (Fsp3) is 0.350. The van der Waals surface area contributed by atoms with Gasteiger partial charge in [0, 0.05) is 32.0 Å². The standard InChI is InChI=1S/C20H24N2O/c1-22(18-12-13-21-15-18)20(23)14-19(16-8-4-2-5-9-16)17-10-6-3-7-11-17/h2-11,18-19,21H,12-15H2,1H3. The molecular formula is C20H24N2O. The van der Waals surface area contributed by atoms with E-state index in [9.17, 15) is 4.79 Å². The monoisotopic (exact) mass is 308 g/mol. The minimum absolute atomic E-state index is 0.113. The highest BCUT2D eigenvalue weighted by Gasteiger charge is 2.26. The molecule has 1 aliphatic rings. The maximum atomic E-state index is 12.8. The molecule has 3 rings (SSSR count). The summed E-state index contributed by atoms with van der Waals surface area (Å²) < 4.78 is 0. The molecule has 1 aliphatic heterocycles. The first kappa shape index (κ1) is 15.8. The first-order valence-corrected chi connectivity index (χ1v) is 8.32. The number of nitrogens with one attached hydrogen (secondary N) is 1. The molecule has 1 saturated heterocycles. The van der Waals surface area contributed by atoms with Crippen LogP contribution in [0.2, 0.25) is 0 Å². The van der Waals surface area contributed by atoms with E-state index in [4.69, 9.17) is 0 Å². The van der Waals surface area contributed by atoms with Crippen molar-refractivity contribution in [3.63, 3.8) is 0 Å². The molecule has 0 spiro atoms. The van der Waals surface area contributed by atoms with Crippen LogP contribution in [0, 0.1) is 0 Å². The maximum Gasteiger partial charge on any atom is 0.223 e. The lowest BCUT2D eigenvalue weighted by atomic mass is 9.88. The molecule has 1 amide bonds. The number of amides is 1. The van der Waals surface area contributed by atoms with Gasteiger partial charge in [0.1, 0.15) is 0 Å². The van der Waals surface area contributed by atoms with Crippen LogP contribution in [0.1, 0.15) is 29.9 Å². The normalized spacial score (nSPS) is 17.4. The van der Waals surface area contributed by atoms with Gasteiger partial charge in [0.05, 0.1) is 0 Å². The molecule has 0 aromatic heterocycles. The lowest BCUT2D eigenvalue weighted by molar-refractivity contribution is -0.131. The molecule has 2 aromatic carbocycles. The predicted molar refractivity (Wildman–Crippen MR) is 93.4 cm³/mol. The van der Waals surface area contributed by atoms with E-state index >= 15 is 0 Å². The Hall–Kier alpha value is -2.13. The van der Waals surface area contributed by atoms with Crippen LogP contribution in [0.15, 0.2) is 60.7 Å². The summed E-state index contributed by atoms with van der Waals surface area (Å²) in [6, 6.07) is 21.0. The molecule has 120 valence electrons. The van der Waals surface area contributed by atoms with E-state index in [1.165, 1.54) is 11.1 Å². The van der Waals surface area contributed by atoms with Gasteiger partial charge in [-0.15, -0.1) is 0 Å². The van der Waals surface area contributed by atoms with Crippen LogP contribution in [0.4, 0.5) is 0 Å². The highest BCUT2D eigenvalue weighted by atomic mass is 16.2. The van der Waals surface area contributed by atoms with E-state index in [0.29, 0.717) is 12.5 Å². The van der Waals surface area contributed by atoms with Crippen molar-refractivity contribution >= 4 is 5.91 Å². The number of nitrogens with zero attached hydrogens (tertiary/aromatic N) is 1. The molecule has 1 N–H and O–H groups in total. The van der Waals surface area contributed by atoms with Crippen LogP contribution in [-0.4, -0.2) is 37.0 Å². The first-order chi connectivity index (χ1) is 11.3. The van der Waals surface area contributed by atoms with Gasteiger partial charge in [0.25, 0.3) is 0 Å². The Kier molecular flexibility index (Phi) is 5.09. The Morgan fingerprint density at radius 1 is 1.09 bits per heavy atom. The van der Waals surface area contributed by atoms with Gasteiger partial charge in [-0.25, -0.2) is 0 Å². The van der Waals surface area contributed by atoms with E-state index in [1.54, 1.807) is 0 Å². The summed E-state index contributed by atoms with van der Waals surface area (Å²) in [4.78, 5) is 14.7. The molecule has 1 atom stereocenters. The van der Waals surface area contributed by atoms with Gasteiger partial charge in [-0.3, -0.25) is 4.79 Å². The van der Waals surface area contributed by atoms with E-state index in [0.717, 1.165) is 19.5 Å². The molecule has 2 aromatic rings. The van der Waals surface area contributed by atoms with Crippen molar-refractivity contribution in [3.8, 4) is 0 Å². The third-order valence-electron chi connectivity index (χ3n) is 4.76. The van der Waals surface area contributed by atoms with E-state index < -0.39 is 0 Å². The van der Waals surface area contributed by atoms with Crippen molar-refractivity contribution < 1.29 is 4.79 Å². The third kappa shape index (κ3) is 3.80. The number of benzene rings is 2. The summed E-state index contributed by atoms with van der Waals surface area (Å²) in [5.41, 5.74) is 2.40. The summed E-state index contributed by atoms with van der Waals surface area (Å²) in [5, 5.41) is 3.33. The predicted octanol–water partition coefficient (Wildman–Crippen LogP) is 3.03. The van der Waals surface area contributed by atoms with Crippen LogP contribution >= 0.6 is 0 Å². The largest absolute Gasteiger partial charge is 0.341 e. The number of hydrogen-bond donors (Lipinski definition) is 1. The molecule has 0 radical (unpaired) electrons. The minimum atomic E-state index is 0.113. The maximum absolute atomic E-state index is 12.8. The highest BCUT2D eigenvalue weighted by molar-refractivity contribution is 5.78. The Balaban J connectivity index is 1.80. The Labute approximate surface area is 138 Å². The average molecular weight is 308 g/mol. The van der Waals surface area contributed by atoms with Crippen molar-refractivity contribution in [2.45, 2.75) is 24.8 Å². The zero-order chi connectivity index (χ0) is 16.1. The second-order valence-corrected chi connectivity index (χ2v) is 6.23. The fourth-order valence-electron chi connectivity index (χ4n) is 3.29. The number of carbonyl (C=O) groups excluding carboxylic acids is 1. The summed E-state index contributed by atoms with van der Waals surface area (Å²) >= 11 is 0. The zero-order valence-electron chi connectivity index (χ0n) is 13.6. The fourth-order valence-corrected chi connectivity index (χ4v) is 3.29. The van der Waals surface area contributed by atoms with Crippen LogP contribution in [-0.2, 0) is 4.79 Å². The van der Waals surface area contributed by atoms with Gasteiger partial charge >= 0.3 is 0 Å². The summed E-state index contributed by atoms with van der Waals surface area (Å²) in [7, 11) is 1.94. The molecule has 1 unspecified atom stereocenters. The Morgan fingerprint density at radius 3 is 2.13 bits per heavy atom. The van der Waals surface area contributed by atoms with Crippen LogP contribution in [0.25, 0.3) is 0 Å². The number of hydrogen-bond acceptors (Lipinski definition) is 2. The summed E-state index contributed by atoms with van der Waals surface area (Å²) in [6.07, 6.45) is 1.56. The average Bonchev–Trinajstić information content (AvgIpc) is 3.15. The lowest BCUT2D eigenvalue weighted by Crippen LogP contribution is -2.39. The van der Waals surface area contributed by atoms with Crippen LogP contribution in [0.5, 0.6) is 0 Å². The number of rotatable bonds is 5. The van der Waals surface area contributed by atoms with E-state index in [2.05, 4.69) is 29.6 Å². The topological polar surface area (TPSA) is 32.3 Å². The van der Waals surface area contributed by atoms with Gasteiger partial charge < -0.3 is 10.2 Å². The molecular weight excluding hydrogens is 284 g/mol. The Morgan fingerprint density at radius 2 is 1.65 bits per heavy atom.